The Kier molecular flexibility index (Phi) is 7.13. The summed E-state index contributed by atoms with van der Waals surface area (Å²) in [5, 5.41) is 6.71. The molecule has 0 unspecified atom stereocenters. The third-order valence-electron chi connectivity index (χ3n) is 6.61. The van der Waals surface area contributed by atoms with Crippen LogP contribution in [0.25, 0.3) is 11.0 Å². The molecule has 9 nitrogen and oxygen atoms in total. The zero-order chi connectivity index (χ0) is 24.0. The van der Waals surface area contributed by atoms with Gasteiger partial charge < -0.3 is 29.7 Å². The molecule has 5 rings (SSSR count). The summed E-state index contributed by atoms with van der Waals surface area (Å²) in [6.07, 6.45) is 6.68. The summed E-state index contributed by atoms with van der Waals surface area (Å²) in [6.45, 7) is 3.21. The summed E-state index contributed by atoms with van der Waals surface area (Å²) in [7, 11) is 1.60. The average molecular weight is 478 g/mol. The number of fused-ring (bicyclic) bond motifs is 1. The summed E-state index contributed by atoms with van der Waals surface area (Å²) >= 11 is 0. The highest BCUT2D eigenvalue weighted by Crippen LogP contribution is 2.31. The number of carbonyl (C=O) groups excluding carboxylic acids is 1. The van der Waals surface area contributed by atoms with Crippen molar-refractivity contribution in [3.05, 3.63) is 48.8 Å². The molecule has 0 bridgehead atoms. The van der Waals surface area contributed by atoms with Gasteiger partial charge in [0.2, 0.25) is 0 Å². The summed E-state index contributed by atoms with van der Waals surface area (Å²) < 4.78 is 16.1. The number of hydrogen-bond donors (Lipinski definition) is 2. The molecule has 2 N–H and O–H groups in total. The molecule has 2 aliphatic rings. The lowest BCUT2D eigenvalue weighted by molar-refractivity contribution is 0.122. The fraction of sp³-hybridized carbons (Fsp3) is 0.423. The lowest BCUT2D eigenvalue weighted by Gasteiger charge is -2.32. The number of carbonyl (C=O) groups is 1. The van der Waals surface area contributed by atoms with Crippen LogP contribution in [0.15, 0.2) is 48.8 Å². The second kappa shape index (κ2) is 10.8. The van der Waals surface area contributed by atoms with Gasteiger partial charge in [-0.1, -0.05) is 0 Å². The van der Waals surface area contributed by atoms with Crippen molar-refractivity contribution in [2.75, 3.05) is 43.6 Å². The van der Waals surface area contributed by atoms with Crippen molar-refractivity contribution in [3.8, 4) is 11.5 Å². The molecule has 2 fully saturated rings. The maximum absolute atomic E-state index is 12.3. The standard InChI is InChI=1S/C26H31N5O4/c1-33-21-6-8-22(9-7-21)35-26(32)30-19-4-2-18(3-5-19)29-24-17-20(31-12-14-34-15-13-31)16-23-25(24)28-11-10-27-23/h6-11,16-19,29H,2-5,12-15H2,1H3,(H,30,32). The third kappa shape index (κ3) is 5.74. The molecule has 1 saturated carbocycles. The average Bonchev–Trinajstić information content (AvgIpc) is 2.90. The van der Waals surface area contributed by atoms with E-state index in [1.165, 1.54) is 0 Å². The van der Waals surface area contributed by atoms with Gasteiger partial charge in [0.1, 0.15) is 17.0 Å². The number of benzene rings is 2. The lowest BCUT2D eigenvalue weighted by Crippen LogP contribution is -2.41. The predicted molar refractivity (Wildman–Crippen MR) is 134 cm³/mol. The smallest absolute Gasteiger partial charge is 0.412 e. The van der Waals surface area contributed by atoms with Crippen LogP contribution in [0.4, 0.5) is 16.2 Å². The molecule has 0 spiro atoms. The van der Waals surface area contributed by atoms with Crippen LogP contribution in [0.1, 0.15) is 25.7 Å². The number of rotatable bonds is 6. The minimum Gasteiger partial charge on any atom is -0.497 e. The quantitative estimate of drug-likeness (QED) is 0.550. The van der Waals surface area contributed by atoms with Crippen LogP contribution in [0.5, 0.6) is 11.5 Å². The number of ether oxygens (including phenoxy) is 3. The molecule has 1 saturated heterocycles. The molecule has 184 valence electrons. The fourth-order valence-corrected chi connectivity index (χ4v) is 4.72. The second-order valence-electron chi connectivity index (χ2n) is 8.92. The van der Waals surface area contributed by atoms with Crippen molar-refractivity contribution < 1.29 is 19.0 Å². The largest absolute Gasteiger partial charge is 0.497 e. The molecule has 2 aromatic carbocycles. The van der Waals surface area contributed by atoms with Crippen LogP contribution in [0, 0.1) is 0 Å². The normalized spacial score (nSPS) is 20.3. The van der Waals surface area contributed by atoms with E-state index in [-0.39, 0.29) is 6.04 Å². The van der Waals surface area contributed by atoms with Crippen LogP contribution in [-0.4, -0.2) is 61.6 Å². The molecule has 0 radical (unpaired) electrons. The number of hydrogen-bond acceptors (Lipinski definition) is 8. The van der Waals surface area contributed by atoms with E-state index >= 15 is 0 Å². The van der Waals surface area contributed by atoms with Crippen molar-refractivity contribution in [1.29, 1.82) is 0 Å². The number of aromatic nitrogens is 2. The Morgan fingerprint density at radius 2 is 1.66 bits per heavy atom. The maximum atomic E-state index is 12.3. The van der Waals surface area contributed by atoms with Gasteiger partial charge in [0.15, 0.2) is 0 Å². The zero-order valence-corrected chi connectivity index (χ0v) is 19.9. The first-order valence-electron chi connectivity index (χ1n) is 12.1. The summed E-state index contributed by atoms with van der Waals surface area (Å²) in [6, 6.07) is 11.6. The Bertz CT molecular complexity index is 1140. The number of anilines is 2. The van der Waals surface area contributed by atoms with E-state index in [0.717, 1.165) is 80.1 Å². The van der Waals surface area contributed by atoms with Crippen LogP contribution in [0.2, 0.25) is 0 Å². The Balaban J connectivity index is 1.18. The Hall–Kier alpha value is -3.59. The monoisotopic (exact) mass is 477 g/mol. The Labute approximate surface area is 204 Å². The van der Waals surface area contributed by atoms with E-state index < -0.39 is 6.09 Å². The van der Waals surface area contributed by atoms with Gasteiger partial charge in [-0.2, -0.15) is 0 Å². The minimum atomic E-state index is -0.425. The van der Waals surface area contributed by atoms with Crippen molar-refractivity contribution >= 4 is 28.5 Å². The third-order valence-corrected chi connectivity index (χ3v) is 6.61. The van der Waals surface area contributed by atoms with E-state index in [0.29, 0.717) is 11.8 Å². The number of nitrogens with zero attached hydrogens (tertiary/aromatic N) is 3. The maximum Gasteiger partial charge on any atom is 0.412 e. The molecule has 9 heteroatoms. The van der Waals surface area contributed by atoms with Crippen LogP contribution in [0.3, 0.4) is 0 Å². The molecule has 3 aromatic rings. The van der Waals surface area contributed by atoms with E-state index in [9.17, 15) is 4.79 Å². The molecule has 1 aliphatic carbocycles. The highest BCUT2D eigenvalue weighted by atomic mass is 16.6. The van der Waals surface area contributed by atoms with Gasteiger partial charge in [0.25, 0.3) is 0 Å². The lowest BCUT2D eigenvalue weighted by atomic mass is 9.91. The Morgan fingerprint density at radius 3 is 2.40 bits per heavy atom. The Morgan fingerprint density at radius 1 is 0.971 bits per heavy atom. The first-order chi connectivity index (χ1) is 17.2. The van der Waals surface area contributed by atoms with Crippen LogP contribution >= 0.6 is 0 Å². The van der Waals surface area contributed by atoms with Crippen LogP contribution < -0.4 is 25.0 Å². The topological polar surface area (TPSA) is 97.8 Å². The number of methoxy groups -OCH3 is 1. The first kappa shape index (κ1) is 23.2. The number of amides is 1. The summed E-state index contributed by atoms with van der Waals surface area (Å²) in [5.74, 6) is 1.21. The molecular weight excluding hydrogens is 446 g/mol. The van der Waals surface area contributed by atoms with Crippen LogP contribution in [-0.2, 0) is 4.74 Å². The fourth-order valence-electron chi connectivity index (χ4n) is 4.72. The van der Waals surface area contributed by atoms with Crippen molar-refractivity contribution in [2.45, 2.75) is 37.8 Å². The highest BCUT2D eigenvalue weighted by Gasteiger charge is 2.24. The summed E-state index contributed by atoms with van der Waals surface area (Å²) in [4.78, 5) is 23.8. The molecule has 1 amide bonds. The molecule has 1 aliphatic heterocycles. The number of nitrogens with one attached hydrogen (secondary N) is 2. The predicted octanol–water partition coefficient (Wildman–Crippen LogP) is 3.99. The van der Waals surface area contributed by atoms with E-state index in [1.54, 1.807) is 43.8 Å². The zero-order valence-electron chi connectivity index (χ0n) is 19.9. The van der Waals surface area contributed by atoms with E-state index in [1.807, 2.05) is 0 Å². The van der Waals surface area contributed by atoms with Crippen molar-refractivity contribution in [3.63, 3.8) is 0 Å². The van der Waals surface area contributed by atoms with E-state index in [4.69, 9.17) is 14.2 Å². The van der Waals surface area contributed by atoms with Gasteiger partial charge in [-0.3, -0.25) is 9.97 Å². The molecule has 35 heavy (non-hydrogen) atoms. The minimum absolute atomic E-state index is 0.0926. The van der Waals surface area contributed by atoms with Gasteiger partial charge in [-0.05, 0) is 62.1 Å². The van der Waals surface area contributed by atoms with Gasteiger partial charge in [-0.15, -0.1) is 0 Å². The second-order valence-corrected chi connectivity index (χ2v) is 8.92. The summed E-state index contributed by atoms with van der Waals surface area (Å²) in [5.41, 5.74) is 3.91. The highest BCUT2D eigenvalue weighted by molar-refractivity contribution is 5.91. The van der Waals surface area contributed by atoms with Gasteiger partial charge >= 0.3 is 6.09 Å². The van der Waals surface area contributed by atoms with Crippen molar-refractivity contribution in [1.82, 2.24) is 15.3 Å². The van der Waals surface area contributed by atoms with Gasteiger partial charge in [0, 0.05) is 43.3 Å². The SMILES string of the molecule is COc1ccc(OC(=O)NC2CCC(Nc3cc(N4CCOCC4)cc4nccnc34)CC2)cc1. The first-order valence-corrected chi connectivity index (χ1v) is 12.1. The van der Waals surface area contributed by atoms with Gasteiger partial charge in [0.05, 0.1) is 31.5 Å². The van der Waals surface area contributed by atoms with E-state index in [2.05, 4.69) is 37.6 Å². The molecular formula is C26H31N5O4. The molecule has 2 heterocycles. The number of morpholine rings is 1. The van der Waals surface area contributed by atoms with Crippen molar-refractivity contribution in [2.24, 2.45) is 0 Å². The van der Waals surface area contributed by atoms with Gasteiger partial charge in [-0.25, -0.2) is 4.79 Å². The molecule has 1 aromatic heterocycles. The molecule has 0 atom stereocenters.